The highest BCUT2D eigenvalue weighted by atomic mass is 16.1. The first kappa shape index (κ1) is 17.0. The van der Waals surface area contributed by atoms with Gasteiger partial charge < -0.3 is 11.1 Å². The SMILES string of the molecule is CCCNC(=O)C1CN2NC=NC(=Nc3cc(N)ccc3C)C2=C1C. The van der Waals surface area contributed by atoms with Crippen LogP contribution in [-0.4, -0.2) is 36.2 Å². The third-order valence-electron chi connectivity index (χ3n) is 4.47. The maximum atomic E-state index is 12.4. The summed E-state index contributed by atoms with van der Waals surface area (Å²) in [7, 11) is 0. The number of anilines is 1. The lowest BCUT2D eigenvalue weighted by atomic mass is 10.0. The fourth-order valence-electron chi connectivity index (χ4n) is 3.02. The van der Waals surface area contributed by atoms with E-state index >= 15 is 0 Å². The van der Waals surface area contributed by atoms with Gasteiger partial charge in [-0.1, -0.05) is 13.0 Å². The topological polar surface area (TPSA) is 95.1 Å². The molecular formula is C18H24N6O. The molecule has 0 bridgehead atoms. The minimum Gasteiger partial charge on any atom is -0.399 e. The zero-order chi connectivity index (χ0) is 18.0. The van der Waals surface area contributed by atoms with Gasteiger partial charge >= 0.3 is 0 Å². The van der Waals surface area contributed by atoms with Crippen LogP contribution in [0.1, 0.15) is 25.8 Å². The first-order valence-corrected chi connectivity index (χ1v) is 8.51. The Labute approximate surface area is 147 Å². The Bertz CT molecular complexity index is 780. The van der Waals surface area contributed by atoms with Crippen molar-refractivity contribution < 1.29 is 4.79 Å². The molecule has 3 rings (SSSR count). The number of nitrogens with zero attached hydrogens (tertiary/aromatic N) is 3. The summed E-state index contributed by atoms with van der Waals surface area (Å²) in [4.78, 5) is 21.5. The van der Waals surface area contributed by atoms with E-state index < -0.39 is 0 Å². The monoisotopic (exact) mass is 340 g/mol. The van der Waals surface area contributed by atoms with Gasteiger partial charge in [-0.3, -0.25) is 15.2 Å². The van der Waals surface area contributed by atoms with Gasteiger partial charge in [-0.15, -0.1) is 0 Å². The number of rotatable bonds is 4. The Morgan fingerprint density at radius 2 is 2.28 bits per heavy atom. The zero-order valence-corrected chi connectivity index (χ0v) is 14.8. The molecule has 2 aliphatic heterocycles. The minimum atomic E-state index is -0.206. The number of nitrogen functional groups attached to an aromatic ring is 1. The van der Waals surface area contributed by atoms with Crippen molar-refractivity contribution in [3.05, 3.63) is 35.0 Å². The molecule has 1 amide bonds. The Kier molecular flexibility index (Phi) is 4.74. The summed E-state index contributed by atoms with van der Waals surface area (Å²) in [6, 6.07) is 5.62. The van der Waals surface area contributed by atoms with Crippen LogP contribution in [0.3, 0.4) is 0 Å². The number of aliphatic imine (C=N–C) groups is 2. The van der Waals surface area contributed by atoms with E-state index in [1.54, 1.807) is 6.34 Å². The number of nitrogens with two attached hydrogens (primary N) is 1. The number of benzene rings is 1. The number of hydrogen-bond acceptors (Lipinski definition) is 5. The number of amidine groups is 1. The second-order valence-corrected chi connectivity index (χ2v) is 6.35. The number of fused-ring (bicyclic) bond motifs is 1. The fraction of sp³-hybridized carbons (Fsp3) is 0.389. The maximum Gasteiger partial charge on any atom is 0.229 e. The average Bonchev–Trinajstić information content (AvgIpc) is 2.94. The van der Waals surface area contributed by atoms with Crippen molar-refractivity contribution in [3.63, 3.8) is 0 Å². The number of hydrogen-bond donors (Lipinski definition) is 3. The van der Waals surface area contributed by atoms with Crippen LogP contribution in [0.4, 0.5) is 11.4 Å². The van der Waals surface area contributed by atoms with Gasteiger partial charge in [0.05, 0.1) is 18.2 Å². The van der Waals surface area contributed by atoms with Gasteiger partial charge in [-0.25, -0.2) is 9.98 Å². The van der Waals surface area contributed by atoms with Crippen LogP contribution in [0.25, 0.3) is 0 Å². The molecule has 0 saturated heterocycles. The molecule has 25 heavy (non-hydrogen) atoms. The molecule has 1 aromatic carbocycles. The third kappa shape index (κ3) is 3.35. The van der Waals surface area contributed by atoms with Crippen LogP contribution in [0, 0.1) is 12.8 Å². The Balaban J connectivity index is 1.95. The van der Waals surface area contributed by atoms with E-state index in [2.05, 4.69) is 15.7 Å². The van der Waals surface area contributed by atoms with Crippen LogP contribution >= 0.6 is 0 Å². The van der Waals surface area contributed by atoms with E-state index in [-0.39, 0.29) is 11.8 Å². The van der Waals surface area contributed by atoms with Gasteiger partial charge in [-0.2, -0.15) is 0 Å². The van der Waals surface area contributed by atoms with E-state index in [1.165, 1.54) is 0 Å². The summed E-state index contributed by atoms with van der Waals surface area (Å²) in [6.45, 7) is 7.24. The van der Waals surface area contributed by atoms with Gasteiger partial charge in [0.15, 0.2) is 5.84 Å². The van der Waals surface area contributed by atoms with E-state index in [9.17, 15) is 4.79 Å². The molecule has 2 heterocycles. The van der Waals surface area contributed by atoms with E-state index in [0.717, 1.165) is 28.9 Å². The van der Waals surface area contributed by atoms with Gasteiger partial charge in [0.25, 0.3) is 0 Å². The number of carbonyl (C=O) groups excluding carboxylic acids is 1. The Hall–Kier alpha value is -2.83. The maximum absolute atomic E-state index is 12.4. The molecule has 1 unspecified atom stereocenters. The second kappa shape index (κ2) is 6.96. The highest BCUT2D eigenvalue weighted by Gasteiger charge is 2.37. The highest BCUT2D eigenvalue weighted by molar-refractivity contribution is 6.06. The summed E-state index contributed by atoms with van der Waals surface area (Å²) in [6.07, 6.45) is 2.52. The summed E-state index contributed by atoms with van der Waals surface area (Å²) < 4.78 is 0. The van der Waals surface area contributed by atoms with Crippen LogP contribution in [0.2, 0.25) is 0 Å². The number of hydrazine groups is 1. The first-order valence-electron chi connectivity index (χ1n) is 8.51. The molecular weight excluding hydrogens is 316 g/mol. The molecule has 2 aliphatic rings. The standard InChI is InChI=1S/C18H24N6O/c1-4-7-20-18(25)14-9-24-16(12(14)3)17(21-10-22-24)23-15-8-13(19)6-5-11(15)2/h5-6,8,10,14H,4,7,9,19H2,1-3H3,(H,20,25)(H,21,22,23). The summed E-state index contributed by atoms with van der Waals surface area (Å²) in [5.74, 6) is 0.432. The molecule has 0 spiro atoms. The lowest BCUT2D eigenvalue weighted by molar-refractivity contribution is -0.123. The molecule has 1 aromatic rings. The second-order valence-electron chi connectivity index (χ2n) is 6.35. The summed E-state index contributed by atoms with van der Waals surface area (Å²) >= 11 is 0. The van der Waals surface area contributed by atoms with Gasteiger partial charge in [0, 0.05) is 12.2 Å². The van der Waals surface area contributed by atoms with Gasteiger partial charge in [0.2, 0.25) is 5.91 Å². The van der Waals surface area contributed by atoms with E-state index in [0.29, 0.717) is 24.6 Å². The first-order chi connectivity index (χ1) is 12.0. The molecule has 4 N–H and O–H groups in total. The minimum absolute atomic E-state index is 0.0440. The molecule has 0 fully saturated rings. The number of carbonyl (C=O) groups is 1. The Morgan fingerprint density at radius 1 is 1.48 bits per heavy atom. The normalized spacial score (nSPS) is 20.7. The van der Waals surface area contributed by atoms with E-state index in [4.69, 9.17) is 10.7 Å². The lowest BCUT2D eigenvalue weighted by Crippen LogP contribution is -2.42. The largest absolute Gasteiger partial charge is 0.399 e. The van der Waals surface area contributed by atoms with Crippen LogP contribution < -0.4 is 16.5 Å². The molecule has 0 aromatic heterocycles. The molecule has 0 aliphatic carbocycles. The third-order valence-corrected chi connectivity index (χ3v) is 4.47. The highest BCUT2D eigenvalue weighted by Crippen LogP contribution is 2.31. The molecule has 7 nitrogen and oxygen atoms in total. The average molecular weight is 340 g/mol. The molecule has 0 saturated carbocycles. The molecule has 7 heteroatoms. The number of aryl methyl sites for hydroxylation is 1. The van der Waals surface area contributed by atoms with Crippen molar-refractivity contribution in [3.8, 4) is 0 Å². The van der Waals surface area contributed by atoms with Gasteiger partial charge in [0.1, 0.15) is 12.0 Å². The van der Waals surface area contributed by atoms with Crippen molar-refractivity contribution >= 4 is 29.5 Å². The number of nitrogens with one attached hydrogen (secondary N) is 2. The van der Waals surface area contributed by atoms with Crippen LogP contribution in [-0.2, 0) is 4.79 Å². The van der Waals surface area contributed by atoms with Crippen LogP contribution in [0.15, 0.2) is 39.5 Å². The van der Waals surface area contributed by atoms with E-state index in [1.807, 2.05) is 44.0 Å². The zero-order valence-electron chi connectivity index (χ0n) is 14.8. The molecule has 0 radical (unpaired) electrons. The van der Waals surface area contributed by atoms with Crippen molar-refractivity contribution in [2.45, 2.75) is 27.2 Å². The van der Waals surface area contributed by atoms with Crippen molar-refractivity contribution in [1.29, 1.82) is 0 Å². The smallest absolute Gasteiger partial charge is 0.229 e. The van der Waals surface area contributed by atoms with Crippen LogP contribution in [0.5, 0.6) is 0 Å². The van der Waals surface area contributed by atoms with Crippen molar-refractivity contribution in [2.75, 3.05) is 18.8 Å². The predicted molar refractivity (Wildman–Crippen MR) is 101 cm³/mol. The summed E-state index contributed by atoms with van der Waals surface area (Å²) in [5.41, 5.74) is 13.3. The van der Waals surface area contributed by atoms with Crippen molar-refractivity contribution in [1.82, 2.24) is 15.8 Å². The quantitative estimate of drug-likeness (QED) is 0.729. The molecule has 1 atom stereocenters. The Morgan fingerprint density at radius 3 is 3.04 bits per heavy atom. The lowest BCUT2D eigenvalue weighted by Gasteiger charge is -2.25. The summed E-state index contributed by atoms with van der Waals surface area (Å²) in [5, 5.41) is 4.90. The van der Waals surface area contributed by atoms with Gasteiger partial charge in [-0.05, 0) is 43.5 Å². The fourth-order valence-corrected chi connectivity index (χ4v) is 3.02. The van der Waals surface area contributed by atoms with Crippen molar-refractivity contribution in [2.24, 2.45) is 15.9 Å². The molecule has 132 valence electrons. The predicted octanol–water partition coefficient (Wildman–Crippen LogP) is 1.89. The number of amides is 1.